The molecular weight excluding hydrogens is 352 g/mol. The fraction of sp³-hybridized carbons (Fsp3) is 0.409. The highest BCUT2D eigenvalue weighted by molar-refractivity contribution is 5.93. The number of rotatable bonds is 5. The average Bonchev–Trinajstić information content (AvgIpc) is 3.10. The monoisotopic (exact) mass is 378 g/mol. The molecule has 1 aromatic carbocycles. The summed E-state index contributed by atoms with van der Waals surface area (Å²) in [6, 6.07) is 12.9. The van der Waals surface area contributed by atoms with Crippen LogP contribution in [0.5, 0.6) is 0 Å². The van der Waals surface area contributed by atoms with Gasteiger partial charge in [-0.25, -0.2) is 0 Å². The Morgan fingerprint density at radius 3 is 2.57 bits per heavy atom. The Morgan fingerprint density at radius 1 is 1.04 bits per heavy atom. The number of β-amino-alcohol motifs (C(OH)–C–C–N with tert-alkyl or cyclic N) is 1. The van der Waals surface area contributed by atoms with E-state index in [0.717, 1.165) is 69.3 Å². The number of aliphatic hydroxyl groups excluding tert-OH is 1. The summed E-state index contributed by atoms with van der Waals surface area (Å²) in [5, 5.41) is 10.6. The van der Waals surface area contributed by atoms with Gasteiger partial charge in [-0.3, -0.25) is 14.8 Å². The molecule has 146 valence electrons. The van der Waals surface area contributed by atoms with Crippen LogP contribution in [-0.4, -0.2) is 70.4 Å². The van der Waals surface area contributed by atoms with E-state index in [1.807, 2.05) is 12.3 Å². The van der Waals surface area contributed by atoms with Crippen molar-refractivity contribution in [2.75, 3.05) is 39.4 Å². The van der Waals surface area contributed by atoms with Gasteiger partial charge in [-0.05, 0) is 17.7 Å². The number of nitrogens with zero attached hydrogens (tertiary/aromatic N) is 3. The number of hydrogen-bond donors (Lipinski definition) is 2. The lowest BCUT2D eigenvalue weighted by Gasteiger charge is -2.35. The highest BCUT2D eigenvalue weighted by Crippen LogP contribution is 2.28. The molecule has 0 spiro atoms. The van der Waals surface area contributed by atoms with Gasteiger partial charge in [0.25, 0.3) is 0 Å². The van der Waals surface area contributed by atoms with Crippen LogP contribution in [0, 0.1) is 0 Å². The Hall–Kier alpha value is -2.25. The van der Waals surface area contributed by atoms with Gasteiger partial charge >= 0.3 is 0 Å². The van der Waals surface area contributed by atoms with Crippen LogP contribution < -0.4 is 0 Å². The lowest BCUT2D eigenvalue weighted by Crippen LogP contribution is -2.49. The summed E-state index contributed by atoms with van der Waals surface area (Å²) >= 11 is 0. The lowest BCUT2D eigenvalue weighted by atomic mass is 10.0. The smallest absolute Gasteiger partial charge is 0.0795 e. The molecule has 2 saturated heterocycles. The van der Waals surface area contributed by atoms with Crippen molar-refractivity contribution < 1.29 is 9.84 Å². The van der Waals surface area contributed by atoms with E-state index in [1.54, 1.807) is 0 Å². The molecule has 0 atom stereocenters. The van der Waals surface area contributed by atoms with Gasteiger partial charge in [-0.15, -0.1) is 0 Å². The predicted octanol–water partition coefficient (Wildman–Crippen LogP) is 2.24. The number of aliphatic hydroxyl groups is 1. The van der Waals surface area contributed by atoms with Crippen LogP contribution in [0.1, 0.15) is 11.3 Å². The Kier molecular flexibility index (Phi) is 4.86. The third kappa shape index (κ3) is 3.69. The highest BCUT2D eigenvalue weighted by Gasteiger charge is 2.23. The number of ether oxygens (including phenoxy) is 1. The first-order valence-electron chi connectivity index (χ1n) is 10.0. The highest BCUT2D eigenvalue weighted by atomic mass is 16.5. The average molecular weight is 378 g/mol. The number of hydrogen-bond acceptors (Lipinski definition) is 5. The second kappa shape index (κ2) is 7.64. The molecule has 28 heavy (non-hydrogen) atoms. The van der Waals surface area contributed by atoms with Gasteiger partial charge in [0, 0.05) is 67.6 Å². The summed E-state index contributed by atoms with van der Waals surface area (Å²) in [6.07, 6.45) is 1.73. The number of H-pyrrole nitrogens is 1. The maximum absolute atomic E-state index is 9.43. The molecule has 0 radical (unpaired) electrons. The van der Waals surface area contributed by atoms with Crippen LogP contribution >= 0.6 is 0 Å². The van der Waals surface area contributed by atoms with Gasteiger partial charge in [-0.1, -0.05) is 24.3 Å². The van der Waals surface area contributed by atoms with Gasteiger partial charge in [0.2, 0.25) is 0 Å². The number of morpholine rings is 1. The van der Waals surface area contributed by atoms with Gasteiger partial charge in [0.1, 0.15) is 0 Å². The molecule has 0 unspecified atom stereocenters. The van der Waals surface area contributed by atoms with Crippen LogP contribution in [-0.2, 0) is 17.8 Å². The number of aromatic amines is 1. The van der Waals surface area contributed by atoms with Crippen molar-refractivity contribution in [3.8, 4) is 11.3 Å². The molecule has 2 aromatic heterocycles. The second-order valence-corrected chi connectivity index (χ2v) is 7.85. The molecule has 2 aliphatic rings. The van der Waals surface area contributed by atoms with E-state index < -0.39 is 0 Å². The third-order valence-corrected chi connectivity index (χ3v) is 5.67. The lowest BCUT2D eigenvalue weighted by molar-refractivity contribution is -0.00286. The standard InChI is InChI=1S/C22H26N4O2/c27-19-14-26(15-19)12-16-1-3-17(4-2-16)22-20-11-18(24-21(20)5-6-23-22)13-25-7-9-28-10-8-25/h1-6,11,19,24,27H,7-10,12-15H2. The zero-order valence-corrected chi connectivity index (χ0v) is 16.0. The summed E-state index contributed by atoms with van der Waals surface area (Å²) in [6.45, 7) is 6.95. The Morgan fingerprint density at radius 2 is 1.82 bits per heavy atom. The third-order valence-electron chi connectivity index (χ3n) is 5.67. The van der Waals surface area contributed by atoms with E-state index in [0.29, 0.717) is 0 Å². The molecule has 5 rings (SSSR count). The Labute approximate surface area is 164 Å². The minimum atomic E-state index is -0.152. The fourth-order valence-electron chi connectivity index (χ4n) is 4.12. The molecule has 0 aliphatic carbocycles. The van der Waals surface area contributed by atoms with Crippen LogP contribution in [0.2, 0.25) is 0 Å². The molecule has 3 aromatic rings. The molecule has 2 fully saturated rings. The minimum Gasteiger partial charge on any atom is -0.390 e. The van der Waals surface area contributed by atoms with Crippen LogP contribution in [0.3, 0.4) is 0 Å². The largest absolute Gasteiger partial charge is 0.390 e. The first-order chi connectivity index (χ1) is 13.7. The summed E-state index contributed by atoms with van der Waals surface area (Å²) in [5.74, 6) is 0. The molecule has 2 N–H and O–H groups in total. The molecule has 6 nitrogen and oxygen atoms in total. The van der Waals surface area contributed by atoms with Gasteiger partial charge < -0.3 is 14.8 Å². The molecule has 4 heterocycles. The molecule has 6 heteroatoms. The van der Waals surface area contributed by atoms with Crippen molar-refractivity contribution in [3.63, 3.8) is 0 Å². The SMILES string of the molecule is OC1CN(Cc2ccc(-c3nccc4[nH]c(CN5CCOCC5)cc34)cc2)C1. The Bertz CT molecular complexity index is 941. The number of aromatic nitrogens is 2. The molecular formula is C22H26N4O2. The van der Waals surface area contributed by atoms with E-state index in [2.05, 4.69) is 50.1 Å². The quantitative estimate of drug-likeness (QED) is 0.713. The van der Waals surface area contributed by atoms with Gasteiger partial charge in [0.15, 0.2) is 0 Å². The number of benzene rings is 1. The molecule has 0 bridgehead atoms. The van der Waals surface area contributed by atoms with Crippen molar-refractivity contribution in [2.24, 2.45) is 0 Å². The summed E-state index contributed by atoms with van der Waals surface area (Å²) in [4.78, 5) is 12.9. The number of pyridine rings is 1. The summed E-state index contributed by atoms with van der Waals surface area (Å²) in [7, 11) is 0. The number of likely N-dealkylation sites (tertiary alicyclic amines) is 1. The summed E-state index contributed by atoms with van der Waals surface area (Å²) in [5.41, 5.74) is 5.78. The van der Waals surface area contributed by atoms with Crippen molar-refractivity contribution in [2.45, 2.75) is 19.2 Å². The van der Waals surface area contributed by atoms with E-state index >= 15 is 0 Å². The van der Waals surface area contributed by atoms with Crippen molar-refractivity contribution in [1.82, 2.24) is 19.8 Å². The summed E-state index contributed by atoms with van der Waals surface area (Å²) < 4.78 is 5.45. The van der Waals surface area contributed by atoms with Crippen molar-refractivity contribution in [1.29, 1.82) is 0 Å². The van der Waals surface area contributed by atoms with E-state index in [9.17, 15) is 5.11 Å². The van der Waals surface area contributed by atoms with Crippen LogP contribution in [0.4, 0.5) is 0 Å². The van der Waals surface area contributed by atoms with Crippen molar-refractivity contribution in [3.05, 3.63) is 53.9 Å². The predicted molar refractivity (Wildman–Crippen MR) is 109 cm³/mol. The van der Waals surface area contributed by atoms with Crippen LogP contribution in [0.25, 0.3) is 22.2 Å². The topological polar surface area (TPSA) is 64.6 Å². The van der Waals surface area contributed by atoms with E-state index in [1.165, 1.54) is 16.6 Å². The maximum atomic E-state index is 9.43. The van der Waals surface area contributed by atoms with Gasteiger partial charge in [0.05, 0.1) is 25.0 Å². The Balaban J connectivity index is 1.36. The maximum Gasteiger partial charge on any atom is 0.0795 e. The molecule has 0 saturated carbocycles. The normalized spacial score (nSPS) is 19.2. The molecule has 2 aliphatic heterocycles. The number of nitrogens with one attached hydrogen (secondary N) is 1. The van der Waals surface area contributed by atoms with E-state index in [4.69, 9.17) is 4.74 Å². The second-order valence-electron chi connectivity index (χ2n) is 7.85. The number of fused-ring (bicyclic) bond motifs is 1. The van der Waals surface area contributed by atoms with Crippen LogP contribution in [0.15, 0.2) is 42.6 Å². The fourth-order valence-corrected chi connectivity index (χ4v) is 4.12. The zero-order chi connectivity index (χ0) is 18.9. The minimum absolute atomic E-state index is 0.152. The van der Waals surface area contributed by atoms with Gasteiger partial charge in [-0.2, -0.15) is 0 Å². The molecule has 0 amide bonds. The van der Waals surface area contributed by atoms with Crippen molar-refractivity contribution >= 4 is 10.9 Å². The first kappa shape index (κ1) is 17.8. The zero-order valence-electron chi connectivity index (χ0n) is 16.0. The first-order valence-corrected chi connectivity index (χ1v) is 10.0. The van der Waals surface area contributed by atoms with E-state index in [-0.39, 0.29) is 6.10 Å².